The minimum absolute atomic E-state index is 0.0251. The third kappa shape index (κ3) is 1.71. The fourth-order valence-electron chi connectivity index (χ4n) is 1.28. The first-order valence-corrected chi connectivity index (χ1v) is 5.69. The Morgan fingerprint density at radius 1 is 1.33 bits per heavy atom. The van der Waals surface area contributed by atoms with Crippen LogP contribution in [0.1, 0.15) is 16.6 Å². The molecule has 0 atom stereocenters. The highest BCUT2D eigenvalue weighted by atomic mass is 35.5. The average molecular weight is 261 g/mol. The predicted molar refractivity (Wildman–Crippen MR) is 63.5 cm³/mol. The number of benzene rings is 1. The van der Waals surface area contributed by atoms with Gasteiger partial charge in [0.05, 0.1) is 14.6 Å². The summed E-state index contributed by atoms with van der Waals surface area (Å²) in [6.07, 6.45) is 0. The summed E-state index contributed by atoms with van der Waals surface area (Å²) in [5.41, 5.74) is 0. The van der Waals surface area contributed by atoms with Crippen molar-refractivity contribution < 1.29 is 9.90 Å². The molecule has 0 aliphatic heterocycles. The van der Waals surface area contributed by atoms with E-state index in [2.05, 4.69) is 0 Å². The third-order valence-electron chi connectivity index (χ3n) is 2.02. The van der Waals surface area contributed by atoms with Crippen molar-refractivity contribution in [3.63, 3.8) is 0 Å². The fraction of sp³-hybridized carbons (Fsp3) is 0.100. The summed E-state index contributed by atoms with van der Waals surface area (Å²) in [5, 5.41) is 10.6. The Bertz CT molecular complexity index is 560. The zero-order valence-electron chi connectivity index (χ0n) is 7.67. The van der Waals surface area contributed by atoms with Crippen LogP contribution < -0.4 is 0 Å². The van der Waals surface area contributed by atoms with Gasteiger partial charge in [-0.3, -0.25) is 4.79 Å². The summed E-state index contributed by atoms with van der Waals surface area (Å²) in [6, 6.07) is 3.21. The Labute approximate surface area is 100 Å². The Kier molecular flexibility index (Phi) is 2.63. The molecule has 0 amide bonds. The quantitative estimate of drug-likeness (QED) is 0.784. The number of halogens is 2. The number of thiophene rings is 1. The number of carbonyl (C=O) groups is 1. The van der Waals surface area contributed by atoms with Gasteiger partial charge in [0.15, 0.2) is 5.78 Å². The molecular weight excluding hydrogens is 255 g/mol. The summed E-state index contributed by atoms with van der Waals surface area (Å²) < 4.78 is 0.727. The maximum absolute atomic E-state index is 11.2. The highest BCUT2D eigenvalue weighted by molar-refractivity contribution is 7.21. The molecule has 2 nitrogen and oxygen atoms in total. The van der Waals surface area contributed by atoms with Crippen molar-refractivity contribution in [1.29, 1.82) is 0 Å². The lowest BCUT2D eigenvalue weighted by molar-refractivity contribution is 0.102. The predicted octanol–water partition coefficient (Wildman–Crippen LogP) is 4.12. The minimum Gasteiger partial charge on any atom is -0.506 e. The van der Waals surface area contributed by atoms with Crippen LogP contribution in [0.4, 0.5) is 0 Å². The second-order valence-electron chi connectivity index (χ2n) is 3.11. The minimum atomic E-state index is -0.0675. The molecule has 1 aromatic heterocycles. The van der Waals surface area contributed by atoms with Gasteiger partial charge in [-0.15, -0.1) is 11.3 Å². The molecule has 0 saturated carbocycles. The van der Waals surface area contributed by atoms with E-state index in [0.29, 0.717) is 9.90 Å². The van der Waals surface area contributed by atoms with Crippen molar-refractivity contribution in [3.8, 4) is 5.75 Å². The second-order valence-corrected chi connectivity index (χ2v) is 4.92. The number of Topliss-reactive ketones (excluding diaryl/α,β-unsaturated/α-hetero) is 1. The van der Waals surface area contributed by atoms with Crippen molar-refractivity contribution in [3.05, 3.63) is 27.1 Å². The van der Waals surface area contributed by atoms with Crippen LogP contribution in [0, 0.1) is 0 Å². The molecule has 0 aliphatic carbocycles. The number of phenols is 1. The van der Waals surface area contributed by atoms with Crippen molar-refractivity contribution in [2.45, 2.75) is 6.92 Å². The normalized spacial score (nSPS) is 10.9. The van der Waals surface area contributed by atoms with Crippen LogP contribution in [0.2, 0.25) is 10.0 Å². The lowest BCUT2D eigenvalue weighted by Crippen LogP contribution is -1.83. The molecule has 0 radical (unpaired) electrons. The van der Waals surface area contributed by atoms with Crippen LogP contribution in [0.15, 0.2) is 12.1 Å². The molecule has 2 aromatic rings. The Morgan fingerprint density at radius 2 is 2.00 bits per heavy atom. The first-order chi connectivity index (χ1) is 7.00. The van der Waals surface area contributed by atoms with E-state index >= 15 is 0 Å². The molecule has 2 rings (SSSR count). The first kappa shape index (κ1) is 10.7. The molecule has 15 heavy (non-hydrogen) atoms. The molecule has 0 unspecified atom stereocenters. The van der Waals surface area contributed by atoms with Crippen LogP contribution in [0.3, 0.4) is 0 Å². The van der Waals surface area contributed by atoms with Gasteiger partial charge in [-0.25, -0.2) is 0 Å². The highest BCUT2D eigenvalue weighted by Gasteiger charge is 2.14. The van der Waals surface area contributed by atoms with Crippen molar-refractivity contribution in [2.75, 3.05) is 0 Å². The molecule has 1 aromatic carbocycles. The van der Waals surface area contributed by atoms with E-state index in [1.165, 1.54) is 24.3 Å². The number of phenolic OH excluding ortho intramolecular Hbond substituents is 1. The topological polar surface area (TPSA) is 37.3 Å². The Morgan fingerprint density at radius 3 is 2.60 bits per heavy atom. The van der Waals surface area contributed by atoms with Gasteiger partial charge in [0, 0.05) is 0 Å². The number of fused-ring (bicyclic) bond motifs is 1. The van der Waals surface area contributed by atoms with E-state index in [1.807, 2.05) is 0 Å². The molecular formula is C10H6Cl2O2S. The molecule has 0 spiro atoms. The molecule has 0 fully saturated rings. The number of hydrogen-bond acceptors (Lipinski definition) is 3. The van der Waals surface area contributed by atoms with Crippen LogP contribution in [0.25, 0.3) is 10.1 Å². The summed E-state index contributed by atoms with van der Waals surface area (Å²) in [6.45, 7) is 1.49. The van der Waals surface area contributed by atoms with E-state index in [-0.39, 0.29) is 16.6 Å². The van der Waals surface area contributed by atoms with E-state index < -0.39 is 0 Å². The van der Waals surface area contributed by atoms with Crippen LogP contribution in [-0.4, -0.2) is 10.9 Å². The number of aromatic hydroxyl groups is 1. The van der Waals surface area contributed by atoms with E-state index in [9.17, 15) is 9.90 Å². The number of hydrogen-bond donors (Lipinski definition) is 1. The first-order valence-electron chi connectivity index (χ1n) is 4.12. The summed E-state index contributed by atoms with van der Waals surface area (Å²) in [4.78, 5) is 11.8. The molecule has 78 valence electrons. The summed E-state index contributed by atoms with van der Waals surface area (Å²) in [5.74, 6) is -0.0926. The largest absolute Gasteiger partial charge is 0.506 e. The zero-order valence-corrected chi connectivity index (χ0v) is 10.0. The SMILES string of the molecule is CC(=O)c1cc2cc(O)c(Cl)c(Cl)c2s1. The smallest absolute Gasteiger partial charge is 0.169 e. The molecule has 0 bridgehead atoms. The van der Waals surface area contributed by atoms with Crippen LogP contribution in [-0.2, 0) is 0 Å². The molecule has 1 N–H and O–H groups in total. The van der Waals surface area contributed by atoms with Crippen molar-refractivity contribution in [2.24, 2.45) is 0 Å². The monoisotopic (exact) mass is 260 g/mol. The molecule has 1 heterocycles. The van der Waals surface area contributed by atoms with E-state index in [0.717, 1.165) is 10.1 Å². The van der Waals surface area contributed by atoms with Gasteiger partial charge in [0.25, 0.3) is 0 Å². The van der Waals surface area contributed by atoms with Gasteiger partial charge in [0.1, 0.15) is 10.8 Å². The van der Waals surface area contributed by atoms with Gasteiger partial charge in [-0.1, -0.05) is 23.2 Å². The molecule has 5 heteroatoms. The number of rotatable bonds is 1. The van der Waals surface area contributed by atoms with Gasteiger partial charge in [-0.2, -0.15) is 0 Å². The summed E-state index contributed by atoms with van der Waals surface area (Å²) >= 11 is 13.0. The van der Waals surface area contributed by atoms with Gasteiger partial charge >= 0.3 is 0 Å². The van der Waals surface area contributed by atoms with Crippen LogP contribution >= 0.6 is 34.5 Å². The zero-order chi connectivity index (χ0) is 11.2. The second kappa shape index (κ2) is 3.67. The number of ketones is 1. The lowest BCUT2D eigenvalue weighted by Gasteiger charge is -1.99. The van der Waals surface area contributed by atoms with Crippen LogP contribution in [0.5, 0.6) is 5.75 Å². The number of carbonyl (C=O) groups excluding carboxylic acids is 1. The van der Waals surface area contributed by atoms with Crippen molar-refractivity contribution in [1.82, 2.24) is 0 Å². The Balaban J connectivity index is 2.82. The molecule has 0 aliphatic rings. The average Bonchev–Trinajstić information content (AvgIpc) is 2.58. The fourth-order valence-corrected chi connectivity index (χ4v) is 2.78. The van der Waals surface area contributed by atoms with Gasteiger partial charge < -0.3 is 5.11 Å². The lowest BCUT2D eigenvalue weighted by atomic mass is 10.2. The highest BCUT2D eigenvalue weighted by Crippen LogP contribution is 2.41. The third-order valence-corrected chi connectivity index (χ3v) is 4.26. The van der Waals surface area contributed by atoms with Gasteiger partial charge in [-0.05, 0) is 24.4 Å². The maximum atomic E-state index is 11.2. The van der Waals surface area contributed by atoms with Crippen molar-refractivity contribution >= 4 is 50.4 Å². The maximum Gasteiger partial charge on any atom is 0.169 e. The summed E-state index contributed by atoms with van der Waals surface area (Å²) in [7, 11) is 0. The molecule has 0 saturated heterocycles. The van der Waals surface area contributed by atoms with Gasteiger partial charge in [0.2, 0.25) is 0 Å². The standard InChI is InChI=1S/C10H6Cl2O2S/c1-4(13)7-3-5-2-6(14)8(11)9(12)10(5)15-7/h2-3,14H,1H3. The van der Waals surface area contributed by atoms with E-state index in [4.69, 9.17) is 23.2 Å². The Hall–Kier alpha value is -0.770. The van der Waals surface area contributed by atoms with E-state index in [1.54, 1.807) is 6.07 Å².